The van der Waals surface area contributed by atoms with E-state index in [1.54, 1.807) is 12.1 Å². The molecule has 8 aromatic carbocycles. The quantitative estimate of drug-likeness (QED) is 0.0431. The number of fused-ring (bicyclic) bond motifs is 3. The van der Waals surface area contributed by atoms with Crippen molar-refractivity contribution in [2.24, 2.45) is 0 Å². The van der Waals surface area contributed by atoms with Gasteiger partial charge in [-0.3, -0.25) is 4.90 Å². The molecule has 0 heterocycles. The Morgan fingerprint density at radius 3 is 1.13 bits per heavy atom. The summed E-state index contributed by atoms with van der Waals surface area (Å²) in [5, 5.41) is 189. The van der Waals surface area contributed by atoms with Gasteiger partial charge in [-0.15, -0.1) is 0 Å². The minimum absolute atomic E-state index is 0.286. The van der Waals surface area contributed by atoms with E-state index in [2.05, 4.69) is 0 Å². The molecule has 0 atom stereocenters. The summed E-state index contributed by atoms with van der Waals surface area (Å²) in [5.74, 6) is -23.8. The molecule has 0 bridgehead atoms. The van der Waals surface area contributed by atoms with Crippen LogP contribution in [0, 0.1) is 6.92 Å². The number of phenolic OH excluding ortho intramolecular Hbond substituents is 17. The molecule has 8 rings (SSSR count). The lowest BCUT2D eigenvalue weighted by molar-refractivity contribution is 0.329. The zero-order valence-corrected chi connectivity index (χ0v) is 32.1. The number of hydrogen-bond donors (Lipinski definition) is 17. The number of aromatic hydroxyl groups is 17. The van der Waals surface area contributed by atoms with Gasteiger partial charge in [-0.1, -0.05) is 60.7 Å². The van der Waals surface area contributed by atoms with Crippen LogP contribution in [-0.4, -0.2) is 86.8 Å². The molecule has 0 aliphatic rings. The van der Waals surface area contributed by atoms with Gasteiger partial charge in [-0.05, 0) is 57.8 Å². The van der Waals surface area contributed by atoms with Crippen molar-refractivity contribution < 1.29 is 86.8 Å². The van der Waals surface area contributed by atoms with E-state index in [9.17, 15) is 86.8 Å². The van der Waals surface area contributed by atoms with Gasteiger partial charge in [-0.25, -0.2) is 0 Å². The lowest BCUT2D eigenvalue weighted by Crippen LogP contribution is -2.12. The second-order valence-corrected chi connectivity index (χ2v) is 14.4. The van der Waals surface area contributed by atoms with Gasteiger partial charge < -0.3 is 86.8 Å². The van der Waals surface area contributed by atoms with Crippen molar-refractivity contribution in [3.05, 3.63) is 84.4 Å². The standard InChI is InChI=1S/C45H33NO17/c1-15-29(47)23(35(53)42(60)30(15)48)24-31(49)38(56)27(39(57)32(24)50)46(28-40(58)33(51)25(34(52)41(28)59)26-36(54)43(61)45(63)44(62)37(26)55)20-10-12-22-19(14-20)8-7-18-13-17(9-11-21(18)22)16-5-3-2-4-6-16/h2-14,47-63H,1H3. The molecule has 63 heavy (non-hydrogen) atoms. The molecule has 0 aromatic heterocycles. The van der Waals surface area contributed by atoms with Crippen molar-refractivity contribution >= 4 is 38.6 Å². The van der Waals surface area contributed by atoms with Crippen LogP contribution in [-0.2, 0) is 0 Å². The number of benzene rings is 8. The van der Waals surface area contributed by atoms with Crippen LogP contribution in [0.3, 0.4) is 0 Å². The number of hydrogen-bond acceptors (Lipinski definition) is 18. The molecule has 0 unspecified atom stereocenters. The molecular formula is C45H33NO17. The highest BCUT2D eigenvalue weighted by Gasteiger charge is 2.39. The summed E-state index contributed by atoms with van der Waals surface area (Å²) in [6.45, 7) is 1.07. The number of rotatable bonds is 6. The van der Waals surface area contributed by atoms with Crippen LogP contribution in [0.15, 0.2) is 78.9 Å². The summed E-state index contributed by atoms with van der Waals surface area (Å²) in [7, 11) is 0. The van der Waals surface area contributed by atoms with Gasteiger partial charge in [0.25, 0.3) is 0 Å². The van der Waals surface area contributed by atoms with Crippen molar-refractivity contribution in [1.29, 1.82) is 0 Å². The van der Waals surface area contributed by atoms with E-state index in [0.717, 1.165) is 28.8 Å². The first-order chi connectivity index (χ1) is 29.8. The summed E-state index contributed by atoms with van der Waals surface area (Å²) < 4.78 is 0. The molecule has 18 heteroatoms. The fraction of sp³-hybridized carbons (Fsp3) is 0.0222. The Bertz CT molecular complexity index is 3020. The molecule has 8 aromatic rings. The highest BCUT2D eigenvalue weighted by molar-refractivity contribution is 6.10. The van der Waals surface area contributed by atoms with E-state index < -0.39 is 137 Å². The highest BCUT2D eigenvalue weighted by Crippen LogP contribution is 2.67. The molecule has 17 N–H and O–H groups in total. The SMILES string of the molecule is Cc1c(O)c(O)c(O)c(-c2c(O)c(O)c(N(c3ccc4c(ccc5cc(-c6ccccc6)ccc54)c3)c3c(O)c(O)c(-c4c(O)c(O)c(O)c(O)c4O)c(O)c3O)c(O)c2O)c1O. The van der Waals surface area contributed by atoms with E-state index in [4.69, 9.17) is 0 Å². The zero-order valence-electron chi connectivity index (χ0n) is 32.1. The second-order valence-electron chi connectivity index (χ2n) is 14.4. The van der Waals surface area contributed by atoms with Crippen LogP contribution in [0.2, 0.25) is 0 Å². The van der Waals surface area contributed by atoms with Gasteiger partial charge in [-0.2, -0.15) is 0 Å². The average Bonchev–Trinajstić information content (AvgIpc) is 3.29. The molecule has 0 aliphatic carbocycles. The minimum atomic E-state index is -1.53. The van der Waals surface area contributed by atoms with Crippen molar-refractivity contribution in [2.45, 2.75) is 6.92 Å². The Balaban J connectivity index is 1.43. The van der Waals surface area contributed by atoms with Crippen molar-refractivity contribution in [3.63, 3.8) is 0 Å². The van der Waals surface area contributed by atoms with Crippen LogP contribution in [0.4, 0.5) is 17.1 Å². The second kappa shape index (κ2) is 14.2. The Kier molecular flexibility index (Phi) is 9.09. The van der Waals surface area contributed by atoms with Crippen molar-refractivity contribution in [1.82, 2.24) is 0 Å². The highest BCUT2D eigenvalue weighted by atomic mass is 16.4. The molecule has 18 nitrogen and oxygen atoms in total. The third kappa shape index (κ3) is 5.73. The van der Waals surface area contributed by atoms with Gasteiger partial charge in [0.2, 0.25) is 23.0 Å². The monoisotopic (exact) mass is 859 g/mol. The predicted octanol–water partition coefficient (Wildman–Crippen LogP) is 7.77. The van der Waals surface area contributed by atoms with Gasteiger partial charge >= 0.3 is 0 Å². The molecule has 320 valence electrons. The molecule has 0 spiro atoms. The maximum Gasteiger partial charge on any atom is 0.208 e. The van der Waals surface area contributed by atoms with E-state index in [0.29, 0.717) is 15.7 Å². The van der Waals surface area contributed by atoms with E-state index >= 15 is 0 Å². The Morgan fingerprint density at radius 2 is 0.667 bits per heavy atom. The van der Waals surface area contributed by atoms with E-state index in [-0.39, 0.29) is 5.69 Å². The molecule has 0 saturated carbocycles. The molecule has 0 aliphatic heterocycles. The Labute approximate surface area is 352 Å². The first kappa shape index (κ1) is 40.5. The fourth-order valence-electron chi connectivity index (χ4n) is 7.63. The van der Waals surface area contributed by atoms with Crippen LogP contribution in [0.5, 0.6) is 97.7 Å². The zero-order chi connectivity index (χ0) is 45.7. The minimum Gasteiger partial charge on any atom is -0.507 e. The fourth-order valence-corrected chi connectivity index (χ4v) is 7.63. The lowest BCUT2D eigenvalue weighted by atomic mass is 9.94. The van der Waals surface area contributed by atoms with Gasteiger partial charge in [0.1, 0.15) is 17.1 Å². The first-order valence-electron chi connectivity index (χ1n) is 18.3. The normalized spacial score (nSPS) is 11.4. The summed E-state index contributed by atoms with van der Waals surface area (Å²) in [4.78, 5) is 0.522. The summed E-state index contributed by atoms with van der Waals surface area (Å²) in [6.07, 6.45) is 0. The maximum atomic E-state index is 11.7. The van der Waals surface area contributed by atoms with Crippen LogP contribution >= 0.6 is 0 Å². The average molecular weight is 860 g/mol. The smallest absolute Gasteiger partial charge is 0.208 e. The molecule has 0 radical (unpaired) electrons. The Hall–Kier alpha value is -9.32. The first-order valence-corrected chi connectivity index (χ1v) is 18.3. The summed E-state index contributed by atoms with van der Waals surface area (Å²) in [5.41, 5.74) is -5.81. The van der Waals surface area contributed by atoms with Crippen molar-refractivity contribution in [3.8, 4) is 131 Å². The number of anilines is 3. The number of phenols is 17. The van der Waals surface area contributed by atoms with Gasteiger partial charge in [0.05, 0.1) is 22.3 Å². The summed E-state index contributed by atoms with van der Waals surface area (Å²) in [6, 6.07) is 22.8. The van der Waals surface area contributed by atoms with E-state index in [1.165, 1.54) is 18.2 Å². The van der Waals surface area contributed by atoms with Gasteiger partial charge in [0, 0.05) is 11.3 Å². The lowest BCUT2D eigenvalue weighted by Gasteiger charge is -2.30. The van der Waals surface area contributed by atoms with Crippen LogP contribution < -0.4 is 4.90 Å². The largest absolute Gasteiger partial charge is 0.507 e. The molecule has 0 saturated heterocycles. The van der Waals surface area contributed by atoms with Crippen molar-refractivity contribution in [2.75, 3.05) is 4.90 Å². The summed E-state index contributed by atoms with van der Waals surface area (Å²) >= 11 is 0. The molecule has 0 amide bonds. The predicted molar refractivity (Wildman–Crippen MR) is 225 cm³/mol. The van der Waals surface area contributed by atoms with Gasteiger partial charge in [0.15, 0.2) is 69.0 Å². The van der Waals surface area contributed by atoms with E-state index in [1.807, 2.05) is 48.5 Å². The number of nitrogens with zero attached hydrogens (tertiary/aromatic N) is 1. The third-order valence-electron chi connectivity index (χ3n) is 10.9. The van der Waals surface area contributed by atoms with Crippen LogP contribution in [0.25, 0.3) is 54.9 Å². The third-order valence-corrected chi connectivity index (χ3v) is 10.9. The topological polar surface area (TPSA) is 347 Å². The molecule has 0 fully saturated rings. The van der Waals surface area contributed by atoms with Crippen LogP contribution in [0.1, 0.15) is 5.56 Å². The molecular weight excluding hydrogens is 826 g/mol. The Morgan fingerprint density at radius 1 is 0.302 bits per heavy atom. The maximum absolute atomic E-state index is 11.7.